The molecule has 0 spiro atoms. The fraction of sp³-hybridized carbons (Fsp3) is 0.348. The Labute approximate surface area is 175 Å². The third-order valence-corrected chi connectivity index (χ3v) is 6.56. The molecule has 1 amide bonds. The van der Waals surface area contributed by atoms with Crippen LogP contribution >= 0.6 is 11.3 Å². The molecule has 1 aliphatic heterocycles. The Morgan fingerprint density at radius 1 is 1.07 bits per heavy atom. The molecule has 1 aromatic heterocycles. The summed E-state index contributed by atoms with van der Waals surface area (Å²) in [6.45, 7) is 1.59. The van der Waals surface area contributed by atoms with Crippen LogP contribution in [0.3, 0.4) is 0 Å². The summed E-state index contributed by atoms with van der Waals surface area (Å²) >= 11 is 1.63. The van der Waals surface area contributed by atoms with Gasteiger partial charge in [-0.3, -0.25) is 4.79 Å². The van der Waals surface area contributed by atoms with Crippen LogP contribution in [-0.4, -0.2) is 41.2 Å². The number of nitrogens with zero attached hydrogens (tertiary/aromatic N) is 3. The topological polar surface area (TPSA) is 55.3 Å². The minimum absolute atomic E-state index is 0.249. The summed E-state index contributed by atoms with van der Waals surface area (Å²) in [5.41, 5.74) is 2.20. The predicted molar refractivity (Wildman–Crippen MR) is 115 cm³/mol. The number of aromatic nitrogens is 2. The molecular formula is C23H25N3O2S. The molecule has 150 valence electrons. The number of hydrogen-bond acceptors (Lipinski definition) is 5. The Kier molecular flexibility index (Phi) is 6.20. The maximum atomic E-state index is 12.6. The number of carbonyl (C=O) groups excluding carboxylic acids is 1. The first-order valence-corrected chi connectivity index (χ1v) is 10.8. The standard InChI is InChI=1S/C23H25N3O2S/c1-28-20-10-6-5-9-19(20)23-25-24-22(29-23)18-13-15-26(16-14-18)21(27)12-11-17-7-3-2-4-8-17/h2-10,18H,11-16H2,1H3. The van der Waals surface area contributed by atoms with E-state index in [1.165, 1.54) is 5.56 Å². The molecular weight excluding hydrogens is 382 g/mol. The van der Waals surface area contributed by atoms with Gasteiger partial charge < -0.3 is 9.64 Å². The van der Waals surface area contributed by atoms with Crippen molar-refractivity contribution in [2.45, 2.75) is 31.6 Å². The Morgan fingerprint density at radius 3 is 2.55 bits per heavy atom. The van der Waals surface area contributed by atoms with E-state index in [0.717, 1.165) is 53.7 Å². The Hall–Kier alpha value is -2.73. The quantitative estimate of drug-likeness (QED) is 0.601. The molecule has 2 aromatic carbocycles. The minimum Gasteiger partial charge on any atom is -0.496 e. The van der Waals surface area contributed by atoms with Gasteiger partial charge in [0.05, 0.1) is 12.7 Å². The molecule has 0 N–H and O–H groups in total. The number of carbonyl (C=O) groups is 1. The zero-order chi connectivity index (χ0) is 20.1. The van der Waals surface area contributed by atoms with Crippen LogP contribution in [0.5, 0.6) is 5.75 Å². The molecule has 5 nitrogen and oxygen atoms in total. The van der Waals surface area contributed by atoms with Crippen LogP contribution in [0.25, 0.3) is 10.6 Å². The lowest BCUT2D eigenvalue weighted by molar-refractivity contribution is -0.132. The van der Waals surface area contributed by atoms with Gasteiger partial charge in [0.25, 0.3) is 0 Å². The van der Waals surface area contributed by atoms with Crippen LogP contribution in [0.15, 0.2) is 54.6 Å². The molecule has 1 fully saturated rings. The molecule has 29 heavy (non-hydrogen) atoms. The molecule has 0 unspecified atom stereocenters. The molecule has 0 aliphatic carbocycles. The first-order valence-electron chi connectivity index (χ1n) is 10.0. The van der Waals surface area contributed by atoms with Crippen molar-refractivity contribution in [1.82, 2.24) is 15.1 Å². The van der Waals surface area contributed by atoms with Crippen molar-refractivity contribution in [2.24, 2.45) is 0 Å². The first-order chi connectivity index (χ1) is 14.2. The number of piperidine rings is 1. The highest BCUT2D eigenvalue weighted by atomic mass is 32.1. The fourth-order valence-electron chi connectivity index (χ4n) is 3.76. The van der Waals surface area contributed by atoms with Gasteiger partial charge in [0, 0.05) is 25.4 Å². The van der Waals surface area contributed by atoms with Gasteiger partial charge in [-0.1, -0.05) is 53.8 Å². The van der Waals surface area contributed by atoms with Crippen molar-refractivity contribution < 1.29 is 9.53 Å². The number of benzene rings is 2. The number of methoxy groups -OCH3 is 1. The van der Waals surface area contributed by atoms with E-state index in [9.17, 15) is 4.79 Å². The number of amides is 1. The van der Waals surface area contributed by atoms with E-state index in [4.69, 9.17) is 4.74 Å². The highest BCUT2D eigenvalue weighted by Gasteiger charge is 2.26. The Bertz CT molecular complexity index is 950. The molecule has 0 bridgehead atoms. The van der Waals surface area contributed by atoms with Gasteiger partial charge in [0.1, 0.15) is 10.8 Å². The minimum atomic E-state index is 0.249. The second-order valence-corrected chi connectivity index (χ2v) is 8.30. The van der Waals surface area contributed by atoms with Gasteiger partial charge >= 0.3 is 0 Å². The molecule has 1 saturated heterocycles. The van der Waals surface area contributed by atoms with Crippen molar-refractivity contribution in [3.05, 3.63) is 65.2 Å². The van der Waals surface area contributed by atoms with Gasteiger partial charge in [0.15, 0.2) is 5.01 Å². The molecule has 0 radical (unpaired) electrons. The van der Waals surface area contributed by atoms with Crippen molar-refractivity contribution in [2.75, 3.05) is 20.2 Å². The van der Waals surface area contributed by atoms with Crippen molar-refractivity contribution >= 4 is 17.2 Å². The van der Waals surface area contributed by atoms with Crippen LogP contribution in [0.1, 0.15) is 35.8 Å². The van der Waals surface area contributed by atoms with Gasteiger partial charge in [-0.15, -0.1) is 10.2 Å². The number of aryl methyl sites for hydroxylation is 1. The Balaban J connectivity index is 1.33. The van der Waals surface area contributed by atoms with Crippen molar-refractivity contribution in [1.29, 1.82) is 0 Å². The molecule has 2 heterocycles. The van der Waals surface area contributed by atoms with Crippen molar-refractivity contribution in [3.63, 3.8) is 0 Å². The summed E-state index contributed by atoms with van der Waals surface area (Å²) in [7, 11) is 1.67. The number of ether oxygens (including phenoxy) is 1. The molecule has 3 aromatic rings. The van der Waals surface area contributed by atoms with Crippen LogP contribution < -0.4 is 4.74 Å². The van der Waals surface area contributed by atoms with Crippen molar-refractivity contribution in [3.8, 4) is 16.3 Å². The predicted octanol–water partition coefficient (Wildman–Crippen LogP) is 4.55. The lowest BCUT2D eigenvalue weighted by Crippen LogP contribution is -2.38. The second kappa shape index (κ2) is 9.18. The van der Waals surface area contributed by atoms with E-state index in [1.54, 1.807) is 18.4 Å². The molecule has 0 saturated carbocycles. The maximum Gasteiger partial charge on any atom is 0.222 e. The van der Waals surface area contributed by atoms with E-state index in [0.29, 0.717) is 12.3 Å². The van der Waals surface area contributed by atoms with Crippen LogP contribution in [0.2, 0.25) is 0 Å². The SMILES string of the molecule is COc1ccccc1-c1nnc(C2CCN(C(=O)CCc3ccccc3)CC2)s1. The molecule has 0 atom stereocenters. The van der Waals surface area contributed by atoms with Crippen LogP contribution in [0.4, 0.5) is 0 Å². The largest absolute Gasteiger partial charge is 0.496 e. The number of rotatable bonds is 6. The smallest absolute Gasteiger partial charge is 0.222 e. The normalized spacial score (nSPS) is 14.7. The van der Waals surface area contributed by atoms with Gasteiger partial charge in [0.2, 0.25) is 5.91 Å². The Morgan fingerprint density at radius 2 is 1.79 bits per heavy atom. The number of likely N-dealkylation sites (tertiary alicyclic amines) is 1. The summed E-state index contributed by atoms with van der Waals surface area (Å²) < 4.78 is 5.44. The maximum absolute atomic E-state index is 12.6. The van der Waals surface area contributed by atoms with Crippen LogP contribution in [0, 0.1) is 0 Å². The summed E-state index contributed by atoms with van der Waals surface area (Å²) in [6, 6.07) is 18.1. The summed E-state index contributed by atoms with van der Waals surface area (Å²) in [5, 5.41) is 10.8. The summed E-state index contributed by atoms with van der Waals surface area (Å²) in [4.78, 5) is 14.6. The van der Waals surface area contributed by atoms with E-state index in [1.807, 2.05) is 47.4 Å². The lowest BCUT2D eigenvalue weighted by Gasteiger charge is -2.31. The lowest BCUT2D eigenvalue weighted by atomic mass is 9.97. The number of para-hydroxylation sites is 1. The highest BCUT2D eigenvalue weighted by Crippen LogP contribution is 2.36. The van der Waals surface area contributed by atoms with Crippen LogP contribution in [-0.2, 0) is 11.2 Å². The third kappa shape index (κ3) is 4.65. The van der Waals surface area contributed by atoms with Gasteiger partial charge in [-0.25, -0.2) is 0 Å². The summed E-state index contributed by atoms with van der Waals surface area (Å²) in [5.74, 6) is 1.43. The third-order valence-electron chi connectivity index (χ3n) is 5.45. The zero-order valence-corrected chi connectivity index (χ0v) is 17.4. The molecule has 1 aliphatic rings. The first kappa shape index (κ1) is 19.6. The number of hydrogen-bond donors (Lipinski definition) is 0. The van der Waals surface area contributed by atoms with Gasteiger partial charge in [-0.2, -0.15) is 0 Å². The van der Waals surface area contributed by atoms with E-state index in [-0.39, 0.29) is 5.91 Å². The molecule has 4 rings (SSSR count). The monoisotopic (exact) mass is 407 g/mol. The van der Waals surface area contributed by atoms with E-state index < -0.39 is 0 Å². The summed E-state index contributed by atoms with van der Waals surface area (Å²) in [6.07, 6.45) is 3.26. The van der Waals surface area contributed by atoms with E-state index in [2.05, 4.69) is 22.3 Å². The highest BCUT2D eigenvalue weighted by molar-refractivity contribution is 7.14. The fourth-order valence-corrected chi connectivity index (χ4v) is 4.80. The average molecular weight is 408 g/mol. The molecule has 6 heteroatoms. The zero-order valence-electron chi connectivity index (χ0n) is 16.6. The van der Waals surface area contributed by atoms with E-state index >= 15 is 0 Å². The van der Waals surface area contributed by atoms with Gasteiger partial charge in [-0.05, 0) is 37.0 Å². The second-order valence-electron chi connectivity index (χ2n) is 7.29. The average Bonchev–Trinajstić information content (AvgIpc) is 3.28.